The third-order valence-electron chi connectivity index (χ3n) is 0.767. The van der Waals surface area contributed by atoms with Crippen molar-refractivity contribution >= 4 is 23.8 Å². The molecule has 0 aliphatic carbocycles. The predicted molar refractivity (Wildman–Crippen MR) is 46.7 cm³/mol. The number of carboxylic acids is 2. The molecule has 0 unspecified atom stereocenters. The molecule has 0 saturated heterocycles. The fourth-order valence-corrected chi connectivity index (χ4v) is 0.300. The first kappa shape index (κ1) is 20.4. The second kappa shape index (κ2) is 12.1. The van der Waals surface area contributed by atoms with Crippen molar-refractivity contribution in [3.8, 4) is 0 Å². The van der Waals surface area contributed by atoms with Crippen molar-refractivity contribution in [3.63, 3.8) is 0 Å². The smallest absolute Gasteiger partial charge is 0.545 e. The van der Waals surface area contributed by atoms with Crippen molar-refractivity contribution in [1.29, 1.82) is 0 Å². The van der Waals surface area contributed by atoms with E-state index in [4.69, 9.17) is 0 Å². The molecule has 0 spiro atoms. The molecule has 17 heavy (non-hydrogen) atoms. The molecule has 0 saturated carbocycles. The van der Waals surface area contributed by atoms with Gasteiger partial charge in [0.25, 0.3) is 0 Å². The second-order valence-electron chi connectivity index (χ2n) is 2.11. The number of hydrogen-bond acceptors (Lipinski definition) is 6. The number of amides is 2. The summed E-state index contributed by atoms with van der Waals surface area (Å²) in [5, 5.41) is 19.0. The van der Waals surface area contributed by atoms with Crippen molar-refractivity contribution in [3.05, 3.63) is 24.3 Å². The molecule has 0 aromatic heterocycles. The molecule has 2 amide bonds. The second-order valence-corrected chi connectivity index (χ2v) is 2.11. The van der Waals surface area contributed by atoms with Crippen molar-refractivity contribution in [2.45, 2.75) is 0 Å². The number of rotatable bonds is 4. The number of primary amides is 2. The third-order valence-corrected chi connectivity index (χ3v) is 0.767. The van der Waals surface area contributed by atoms with Crippen LogP contribution >= 0.6 is 0 Å². The van der Waals surface area contributed by atoms with Crippen molar-refractivity contribution in [2.24, 2.45) is 11.5 Å². The summed E-state index contributed by atoms with van der Waals surface area (Å²) in [6, 6.07) is 0. The molecule has 0 aliphatic rings. The maximum Gasteiger partial charge on any atom is 2.00 e. The van der Waals surface area contributed by atoms with E-state index in [2.05, 4.69) is 11.5 Å². The first-order valence-electron chi connectivity index (χ1n) is 3.62. The van der Waals surface area contributed by atoms with Crippen molar-refractivity contribution in [2.75, 3.05) is 0 Å². The number of aliphatic carboxylic acids is 2. The summed E-state index contributed by atoms with van der Waals surface area (Å²) in [5.74, 6) is -4.45. The van der Waals surface area contributed by atoms with E-state index in [-0.39, 0.29) is 19.5 Å². The van der Waals surface area contributed by atoms with Crippen LogP contribution in [-0.4, -0.2) is 23.8 Å². The molecule has 0 radical (unpaired) electrons. The van der Waals surface area contributed by atoms with Crippen LogP contribution in [0.3, 0.4) is 0 Å². The van der Waals surface area contributed by atoms with Gasteiger partial charge in [0.05, 0.1) is 11.9 Å². The number of hydrogen-bond donors (Lipinski definition) is 2. The molecule has 0 bridgehead atoms. The Morgan fingerprint density at radius 1 is 0.706 bits per heavy atom. The fraction of sp³-hybridized carbons (Fsp3) is 0. The zero-order chi connectivity index (χ0) is 13.1. The van der Waals surface area contributed by atoms with Crippen LogP contribution in [0.2, 0.25) is 0 Å². The van der Waals surface area contributed by atoms with Crippen LogP contribution in [0, 0.1) is 0 Å². The Kier molecular flexibility index (Phi) is 14.5. The zero-order valence-corrected chi connectivity index (χ0v) is 11.6. The van der Waals surface area contributed by atoms with Gasteiger partial charge >= 0.3 is 19.5 Å². The summed E-state index contributed by atoms with van der Waals surface area (Å²) in [6.07, 6.45) is 2.58. The molecule has 0 atom stereocenters. The van der Waals surface area contributed by atoms with E-state index in [1.807, 2.05) is 0 Å². The first-order valence-corrected chi connectivity index (χ1v) is 3.62. The monoisotopic (exact) mass is 292 g/mol. The Morgan fingerprint density at radius 3 is 1.00 bits per heavy atom. The standard InChI is InChI=1S/2C4H5NO3.Zn/c2*5-3(6)1-2-4(7)8;/h2*1-2H,(H2,5,6)(H,7,8);/q;;+2/p-2/b2*2-1-;. The van der Waals surface area contributed by atoms with Gasteiger partial charge in [0.1, 0.15) is 0 Å². The van der Waals surface area contributed by atoms with Gasteiger partial charge in [0.15, 0.2) is 0 Å². The van der Waals surface area contributed by atoms with Gasteiger partial charge in [-0.3, -0.25) is 9.59 Å². The molecule has 4 N–H and O–H groups in total. The minimum atomic E-state index is -1.43. The zero-order valence-electron chi connectivity index (χ0n) is 8.62. The summed E-state index contributed by atoms with van der Waals surface area (Å²) < 4.78 is 0. The number of carbonyl (C=O) groups is 4. The molecule has 0 aromatic rings. The maximum atomic E-state index is 9.75. The van der Waals surface area contributed by atoms with Crippen molar-refractivity contribution < 1.29 is 48.9 Å². The molecule has 0 aliphatic heterocycles. The van der Waals surface area contributed by atoms with E-state index in [0.29, 0.717) is 12.2 Å². The Hall–Kier alpha value is -2.02. The Balaban J connectivity index is -0.000000218. The Morgan fingerprint density at radius 2 is 0.941 bits per heavy atom. The topological polar surface area (TPSA) is 166 Å². The summed E-state index contributed by atoms with van der Waals surface area (Å²) in [7, 11) is 0. The summed E-state index contributed by atoms with van der Waals surface area (Å²) in [4.78, 5) is 38.5. The SMILES string of the molecule is NC(=O)/C=C\C(=O)[O-].NC(=O)/C=C\C(=O)[O-].[Zn+2]. The molecule has 88 valence electrons. The van der Waals surface area contributed by atoms with Gasteiger partial charge in [-0.1, -0.05) is 0 Å². The number of nitrogens with two attached hydrogens (primary N) is 2. The van der Waals surface area contributed by atoms with E-state index in [1.54, 1.807) is 0 Å². The van der Waals surface area contributed by atoms with Gasteiger partial charge in [0, 0.05) is 12.2 Å². The normalized spacial score (nSPS) is 8.94. The van der Waals surface area contributed by atoms with E-state index < -0.39 is 23.8 Å². The van der Waals surface area contributed by atoms with Crippen LogP contribution in [0.15, 0.2) is 24.3 Å². The Bertz CT molecular complexity index is 284. The van der Waals surface area contributed by atoms with Gasteiger partial charge < -0.3 is 31.3 Å². The number of carbonyl (C=O) groups excluding carboxylic acids is 4. The third kappa shape index (κ3) is 31.5. The molecule has 0 aromatic carbocycles. The average Bonchev–Trinajstić information content (AvgIpc) is 2.12. The van der Waals surface area contributed by atoms with E-state index in [9.17, 15) is 29.4 Å². The van der Waals surface area contributed by atoms with Crippen molar-refractivity contribution in [1.82, 2.24) is 0 Å². The number of carboxylic acid groups (broad SMARTS) is 2. The molecule has 0 fully saturated rings. The van der Waals surface area contributed by atoms with Crippen LogP contribution in [-0.2, 0) is 38.7 Å². The van der Waals surface area contributed by atoms with Gasteiger partial charge in [-0.25, -0.2) is 0 Å². The van der Waals surface area contributed by atoms with Crippen LogP contribution in [0.4, 0.5) is 0 Å². The van der Waals surface area contributed by atoms with Gasteiger partial charge in [-0.15, -0.1) is 0 Å². The predicted octanol–water partition coefficient (Wildman–Crippen LogP) is -4.45. The average molecular weight is 294 g/mol. The van der Waals surface area contributed by atoms with E-state index in [0.717, 1.165) is 12.2 Å². The summed E-state index contributed by atoms with van der Waals surface area (Å²) in [6.45, 7) is 0. The molecule has 8 nitrogen and oxygen atoms in total. The van der Waals surface area contributed by atoms with Crippen LogP contribution in [0.5, 0.6) is 0 Å². The van der Waals surface area contributed by atoms with E-state index in [1.165, 1.54) is 0 Å². The minimum absolute atomic E-state index is 0. The Labute approximate surface area is 109 Å². The van der Waals surface area contributed by atoms with Gasteiger partial charge in [-0.2, -0.15) is 0 Å². The van der Waals surface area contributed by atoms with Gasteiger partial charge in [-0.05, 0) is 12.2 Å². The molecule has 0 heterocycles. The fourth-order valence-electron chi connectivity index (χ4n) is 0.300. The molecular weight excluding hydrogens is 285 g/mol. The maximum absolute atomic E-state index is 9.75. The van der Waals surface area contributed by atoms with Crippen LogP contribution in [0.1, 0.15) is 0 Å². The van der Waals surface area contributed by atoms with Crippen LogP contribution < -0.4 is 21.7 Å². The van der Waals surface area contributed by atoms with Gasteiger partial charge in [0.2, 0.25) is 11.8 Å². The van der Waals surface area contributed by atoms with E-state index >= 15 is 0 Å². The molecule has 0 rings (SSSR count). The molecule has 9 heteroatoms. The van der Waals surface area contributed by atoms with Crippen LogP contribution in [0.25, 0.3) is 0 Å². The first-order chi connectivity index (χ1) is 7.25. The quantitative estimate of drug-likeness (QED) is 0.391. The largest absolute Gasteiger partial charge is 2.00 e. The summed E-state index contributed by atoms with van der Waals surface area (Å²) in [5.41, 5.74) is 9.05. The molecular formula is C8H8N2O6Zn. The minimum Gasteiger partial charge on any atom is -0.545 e. The summed E-state index contributed by atoms with van der Waals surface area (Å²) >= 11 is 0.